The maximum atomic E-state index is 14.4. The summed E-state index contributed by atoms with van der Waals surface area (Å²) in [7, 11) is -1.73. The van der Waals surface area contributed by atoms with E-state index < -0.39 is 7.59 Å². The highest BCUT2D eigenvalue weighted by Crippen LogP contribution is 2.61. The second-order valence-corrected chi connectivity index (χ2v) is 10.2. The Morgan fingerprint density at radius 3 is 2.21 bits per heavy atom. The maximum absolute atomic E-state index is 14.4. The lowest BCUT2D eigenvalue weighted by Crippen LogP contribution is -2.47. The Morgan fingerprint density at radius 1 is 1.00 bits per heavy atom. The second kappa shape index (κ2) is 9.06. The van der Waals surface area contributed by atoms with Gasteiger partial charge in [0, 0.05) is 36.9 Å². The molecule has 0 N–H and O–H groups in total. The largest absolute Gasteiger partial charge is 0.338 e. The Morgan fingerprint density at radius 2 is 1.61 bits per heavy atom. The van der Waals surface area contributed by atoms with E-state index in [1.807, 2.05) is 18.2 Å². The number of rotatable bonds is 7. The van der Waals surface area contributed by atoms with Crippen molar-refractivity contribution in [3.8, 4) is 0 Å². The highest BCUT2D eigenvalue weighted by Gasteiger charge is 2.48. The summed E-state index contributed by atoms with van der Waals surface area (Å²) >= 11 is 17.9. The van der Waals surface area contributed by atoms with E-state index in [1.54, 1.807) is 46.7 Å². The van der Waals surface area contributed by atoms with Gasteiger partial charge in [-0.25, -0.2) is 4.67 Å². The predicted molar refractivity (Wildman–Crippen MR) is 117 cm³/mol. The van der Waals surface area contributed by atoms with Gasteiger partial charge in [0.1, 0.15) is 0 Å². The number of carbonyl (C=O) groups excluding carboxylic acids is 1. The van der Waals surface area contributed by atoms with Crippen LogP contribution in [0.3, 0.4) is 0 Å². The van der Waals surface area contributed by atoms with Crippen LogP contribution in [0.4, 0.5) is 5.69 Å². The summed E-state index contributed by atoms with van der Waals surface area (Å²) in [6.07, 6.45) is 0. The van der Waals surface area contributed by atoms with Crippen LogP contribution in [0.2, 0.25) is 5.02 Å². The van der Waals surface area contributed by atoms with E-state index in [0.29, 0.717) is 29.4 Å². The fraction of sp³-hybridized carbons (Fsp3) is 0.316. The quantitative estimate of drug-likeness (QED) is 0.414. The molecule has 1 heterocycles. The predicted octanol–water partition coefficient (Wildman–Crippen LogP) is 5.32. The second-order valence-electron chi connectivity index (χ2n) is 6.37. The number of nitrogens with zero attached hydrogens (tertiary/aromatic N) is 3. The number of hydrogen-bond donors (Lipinski definition) is 0. The van der Waals surface area contributed by atoms with Crippen molar-refractivity contribution < 1.29 is 9.36 Å². The number of carbonyl (C=O) groups is 1. The van der Waals surface area contributed by atoms with Crippen molar-refractivity contribution in [2.45, 2.75) is 6.54 Å². The molecule has 0 saturated heterocycles. The van der Waals surface area contributed by atoms with E-state index >= 15 is 0 Å². The van der Waals surface area contributed by atoms with Crippen molar-refractivity contribution in [2.75, 3.05) is 36.6 Å². The van der Waals surface area contributed by atoms with Gasteiger partial charge in [0.15, 0.2) is 0 Å². The lowest BCUT2D eigenvalue weighted by atomic mass is 10.1. The van der Waals surface area contributed by atoms with Gasteiger partial charge in [-0.15, -0.1) is 23.2 Å². The van der Waals surface area contributed by atoms with Crippen LogP contribution < -0.4 is 4.67 Å². The average Bonchev–Trinajstić information content (AvgIpc) is 2.71. The molecule has 1 aliphatic rings. The van der Waals surface area contributed by atoms with Crippen LogP contribution in [0.1, 0.15) is 15.9 Å². The first-order valence-corrected chi connectivity index (χ1v) is 11.8. The molecule has 0 fully saturated rings. The Hall–Kier alpha value is -1.23. The van der Waals surface area contributed by atoms with Crippen LogP contribution in [-0.4, -0.2) is 47.1 Å². The number of para-hydroxylation sites is 1. The lowest BCUT2D eigenvalue weighted by molar-refractivity contribution is 0.0837. The van der Waals surface area contributed by atoms with Crippen molar-refractivity contribution in [1.82, 2.24) is 9.34 Å². The van der Waals surface area contributed by atoms with E-state index in [1.165, 1.54) is 4.67 Å². The third-order valence-corrected chi connectivity index (χ3v) is 8.40. The van der Waals surface area contributed by atoms with Gasteiger partial charge in [0.2, 0.25) is 0 Å². The van der Waals surface area contributed by atoms with Crippen molar-refractivity contribution in [3.05, 3.63) is 64.7 Å². The Balaban J connectivity index is 2.12. The van der Waals surface area contributed by atoms with Gasteiger partial charge in [0.05, 0.1) is 17.8 Å². The Labute approximate surface area is 180 Å². The van der Waals surface area contributed by atoms with Gasteiger partial charge < -0.3 is 0 Å². The molecule has 150 valence electrons. The van der Waals surface area contributed by atoms with Crippen molar-refractivity contribution in [1.29, 1.82) is 0 Å². The van der Waals surface area contributed by atoms with Crippen LogP contribution in [0, 0.1) is 0 Å². The number of fused-ring (bicyclic) bond motifs is 1. The molecule has 0 bridgehead atoms. The highest BCUT2D eigenvalue weighted by molar-refractivity contribution is 7.61. The average molecular weight is 461 g/mol. The third-order valence-electron chi connectivity index (χ3n) is 4.72. The number of hydrogen-bond acceptors (Lipinski definition) is 2. The van der Waals surface area contributed by atoms with Gasteiger partial charge >= 0.3 is 7.59 Å². The highest BCUT2D eigenvalue weighted by atomic mass is 35.5. The molecular weight excluding hydrogens is 440 g/mol. The van der Waals surface area contributed by atoms with Crippen LogP contribution in [-0.2, 0) is 11.1 Å². The monoisotopic (exact) mass is 459 g/mol. The molecule has 0 saturated carbocycles. The first kappa shape index (κ1) is 21.5. The number of anilines is 1. The molecule has 1 amide bonds. The number of amides is 1. The summed E-state index contributed by atoms with van der Waals surface area (Å²) in [6.45, 7) is 0.887. The molecule has 2 aromatic carbocycles. The first-order valence-electron chi connectivity index (χ1n) is 8.81. The molecule has 0 aliphatic carbocycles. The van der Waals surface area contributed by atoms with Crippen molar-refractivity contribution in [3.63, 3.8) is 0 Å². The fourth-order valence-corrected chi connectivity index (χ4v) is 6.98. The summed E-state index contributed by atoms with van der Waals surface area (Å²) < 4.78 is 19.3. The standard InChI is InChI=1S/C19H21Cl3N3O2P/c1-23-18-5-3-2-4-17(18)19(26)25(14-15-6-8-16(22)9-7-15)28(23,27)24(12-10-20)13-11-21/h2-9H,10-14H2,1H3. The zero-order valence-electron chi connectivity index (χ0n) is 15.4. The summed E-state index contributed by atoms with van der Waals surface area (Å²) in [4.78, 5) is 13.4. The van der Waals surface area contributed by atoms with Crippen molar-refractivity contribution >= 4 is 54.0 Å². The molecule has 1 atom stereocenters. The zero-order valence-corrected chi connectivity index (χ0v) is 18.6. The molecule has 0 radical (unpaired) electrons. The first-order chi connectivity index (χ1) is 13.4. The Kier molecular flexibility index (Phi) is 6.95. The topological polar surface area (TPSA) is 43.9 Å². The van der Waals surface area contributed by atoms with Gasteiger partial charge in [-0.05, 0) is 29.8 Å². The normalized spacial score (nSPS) is 19.2. The number of benzene rings is 2. The van der Waals surface area contributed by atoms with Crippen LogP contribution in [0.5, 0.6) is 0 Å². The minimum absolute atomic E-state index is 0.188. The molecule has 5 nitrogen and oxygen atoms in total. The van der Waals surface area contributed by atoms with E-state index in [-0.39, 0.29) is 24.2 Å². The van der Waals surface area contributed by atoms with E-state index in [0.717, 1.165) is 5.56 Å². The van der Waals surface area contributed by atoms with Gasteiger partial charge in [-0.1, -0.05) is 35.9 Å². The van der Waals surface area contributed by atoms with E-state index in [2.05, 4.69) is 0 Å². The molecule has 2 aromatic rings. The molecule has 0 spiro atoms. The molecule has 9 heteroatoms. The van der Waals surface area contributed by atoms with Gasteiger partial charge in [0.25, 0.3) is 5.91 Å². The molecule has 0 aromatic heterocycles. The summed E-state index contributed by atoms with van der Waals surface area (Å²) in [6, 6.07) is 14.3. The molecular formula is C19H21Cl3N3O2P. The Bertz CT molecular complexity index is 888. The van der Waals surface area contributed by atoms with E-state index in [4.69, 9.17) is 34.8 Å². The maximum Gasteiger partial charge on any atom is 0.338 e. The van der Waals surface area contributed by atoms with Crippen LogP contribution in [0.25, 0.3) is 0 Å². The molecule has 1 aliphatic heterocycles. The van der Waals surface area contributed by atoms with Crippen LogP contribution >= 0.6 is 42.4 Å². The molecule has 1 unspecified atom stereocenters. The summed E-state index contributed by atoms with van der Waals surface area (Å²) in [5.74, 6) is 0.278. The summed E-state index contributed by atoms with van der Waals surface area (Å²) in [5, 5.41) is 0.602. The minimum atomic E-state index is -3.48. The zero-order chi connectivity index (χ0) is 20.3. The fourth-order valence-electron chi connectivity index (χ4n) is 3.33. The number of halogens is 3. The smallest absolute Gasteiger partial charge is 0.297 e. The van der Waals surface area contributed by atoms with Gasteiger partial charge in [-0.2, -0.15) is 0 Å². The number of alkyl halides is 2. The molecule has 3 rings (SSSR count). The molecule has 28 heavy (non-hydrogen) atoms. The minimum Gasteiger partial charge on any atom is -0.297 e. The SMILES string of the molecule is CN1c2ccccc2C(=O)N(Cc2ccc(Cl)cc2)P1(=O)N(CCCl)CCCl. The van der Waals surface area contributed by atoms with Gasteiger partial charge in [-0.3, -0.25) is 18.7 Å². The lowest BCUT2D eigenvalue weighted by Gasteiger charge is -2.47. The van der Waals surface area contributed by atoms with Crippen molar-refractivity contribution in [2.24, 2.45) is 0 Å². The van der Waals surface area contributed by atoms with E-state index in [9.17, 15) is 9.36 Å². The third kappa shape index (κ3) is 3.92. The van der Waals surface area contributed by atoms with Crippen LogP contribution in [0.15, 0.2) is 48.5 Å². The summed E-state index contributed by atoms with van der Waals surface area (Å²) in [5.41, 5.74) is 1.99.